The molecule has 6 heteroatoms. The van der Waals surface area contributed by atoms with E-state index in [0.717, 1.165) is 17.3 Å². The van der Waals surface area contributed by atoms with Gasteiger partial charge in [0.25, 0.3) is 0 Å². The minimum atomic E-state index is 0.0530. The van der Waals surface area contributed by atoms with Crippen LogP contribution in [-0.2, 0) is 13.6 Å². The van der Waals surface area contributed by atoms with Crippen molar-refractivity contribution < 1.29 is 4.74 Å². The lowest BCUT2D eigenvalue weighted by Crippen LogP contribution is -2.15. The third-order valence-electron chi connectivity index (χ3n) is 3.07. The Hall–Kier alpha value is -2.68. The fourth-order valence-electron chi connectivity index (χ4n) is 2.02. The van der Waals surface area contributed by atoms with E-state index in [1.54, 1.807) is 0 Å². The molecule has 0 atom stereocenters. The first kappa shape index (κ1) is 14.7. The fourth-order valence-corrected chi connectivity index (χ4v) is 2.02. The first-order chi connectivity index (χ1) is 10.1. The van der Waals surface area contributed by atoms with Gasteiger partial charge in [0.2, 0.25) is 5.95 Å². The number of anilines is 2. The molecule has 0 bridgehead atoms. The Morgan fingerprint density at radius 3 is 2.90 bits per heavy atom. The largest absolute Gasteiger partial charge is 0.479 e. The fraction of sp³-hybridized carbons (Fsp3) is 0.333. The highest BCUT2D eigenvalue weighted by Crippen LogP contribution is 2.18. The van der Waals surface area contributed by atoms with Crippen LogP contribution in [0, 0.1) is 11.3 Å². The van der Waals surface area contributed by atoms with Gasteiger partial charge in [-0.25, -0.2) is 4.98 Å². The van der Waals surface area contributed by atoms with E-state index in [0.29, 0.717) is 12.3 Å². The van der Waals surface area contributed by atoms with Crippen molar-refractivity contribution in [1.29, 1.82) is 5.26 Å². The van der Waals surface area contributed by atoms with Gasteiger partial charge in [0.15, 0.2) is 6.61 Å². The summed E-state index contributed by atoms with van der Waals surface area (Å²) in [7, 11) is 5.93. The minimum absolute atomic E-state index is 0.0530. The van der Waals surface area contributed by atoms with Crippen LogP contribution in [0.15, 0.2) is 30.5 Å². The molecule has 0 aliphatic heterocycles. The maximum absolute atomic E-state index is 8.52. The third kappa shape index (κ3) is 3.66. The van der Waals surface area contributed by atoms with Crippen LogP contribution in [0.4, 0.5) is 11.6 Å². The number of nitrogens with zero attached hydrogens (tertiary/aromatic N) is 4. The maximum Gasteiger partial charge on any atom is 0.204 e. The summed E-state index contributed by atoms with van der Waals surface area (Å²) in [5.74, 6) is 1.60. The summed E-state index contributed by atoms with van der Waals surface area (Å²) in [6.45, 7) is 0.719. The average Bonchev–Trinajstić information content (AvgIpc) is 2.84. The van der Waals surface area contributed by atoms with Gasteiger partial charge >= 0.3 is 0 Å². The number of hydrogen-bond donors (Lipinski definition) is 1. The Morgan fingerprint density at radius 2 is 2.24 bits per heavy atom. The summed E-state index contributed by atoms with van der Waals surface area (Å²) in [4.78, 5) is 6.35. The van der Waals surface area contributed by atoms with Gasteiger partial charge in [0.05, 0.1) is 18.4 Å². The van der Waals surface area contributed by atoms with Gasteiger partial charge in [0.1, 0.15) is 11.8 Å². The molecule has 2 rings (SSSR count). The number of rotatable bonds is 6. The molecule has 0 amide bonds. The smallest absolute Gasteiger partial charge is 0.204 e. The lowest BCUT2D eigenvalue weighted by Gasteiger charge is -2.13. The van der Waals surface area contributed by atoms with Crippen LogP contribution in [0.5, 0.6) is 5.75 Å². The number of nitriles is 1. The van der Waals surface area contributed by atoms with Crippen molar-refractivity contribution in [2.75, 3.05) is 30.9 Å². The van der Waals surface area contributed by atoms with Crippen molar-refractivity contribution in [2.24, 2.45) is 7.05 Å². The van der Waals surface area contributed by atoms with Gasteiger partial charge in [-0.15, -0.1) is 0 Å². The van der Waals surface area contributed by atoms with E-state index in [4.69, 9.17) is 10.00 Å². The molecule has 0 radical (unpaired) electrons. The number of aromatic nitrogens is 2. The second-order valence-electron chi connectivity index (χ2n) is 4.83. The predicted octanol–water partition coefficient (Wildman–Crippen LogP) is 2.00. The van der Waals surface area contributed by atoms with Gasteiger partial charge in [0, 0.05) is 32.9 Å². The van der Waals surface area contributed by atoms with Crippen LogP contribution in [0.2, 0.25) is 0 Å². The molecule has 0 aliphatic rings. The Morgan fingerprint density at radius 1 is 1.43 bits per heavy atom. The molecular formula is C15H19N5O. The van der Waals surface area contributed by atoms with Crippen molar-refractivity contribution in [3.05, 3.63) is 36.2 Å². The Balaban J connectivity index is 2.01. The number of nitrogens with one attached hydrogen (secondary N) is 1. The first-order valence-corrected chi connectivity index (χ1v) is 6.63. The molecule has 2 aromatic rings. The zero-order chi connectivity index (χ0) is 15.2. The number of imidazole rings is 1. The van der Waals surface area contributed by atoms with Crippen LogP contribution in [-0.4, -0.2) is 30.3 Å². The maximum atomic E-state index is 8.52. The molecule has 0 aliphatic carbocycles. The summed E-state index contributed by atoms with van der Waals surface area (Å²) < 4.78 is 7.33. The molecule has 21 heavy (non-hydrogen) atoms. The van der Waals surface area contributed by atoms with Crippen molar-refractivity contribution in [3.8, 4) is 11.8 Å². The van der Waals surface area contributed by atoms with E-state index in [9.17, 15) is 0 Å². The van der Waals surface area contributed by atoms with E-state index < -0.39 is 0 Å². The van der Waals surface area contributed by atoms with Crippen molar-refractivity contribution in [1.82, 2.24) is 9.55 Å². The lowest BCUT2D eigenvalue weighted by molar-refractivity contribution is 0.368. The zero-order valence-corrected chi connectivity index (χ0v) is 12.5. The van der Waals surface area contributed by atoms with Gasteiger partial charge in [-0.2, -0.15) is 5.26 Å². The van der Waals surface area contributed by atoms with Crippen LogP contribution < -0.4 is 15.0 Å². The van der Waals surface area contributed by atoms with Gasteiger partial charge < -0.3 is 19.5 Å². The van der Waals surface area contributed by atoms with Crippen LogP contribution in [0.1, 0.15) is 5.69 Å². The molecule has 0 spiro atoms. The predicted molar refractivity (Wildman–Crippen MR) is 82.4 cm³/mol. The highest BCUT2D eigenvalue weighted by atomic mass is 16.5. The highest BCUT2D eigenvalue weighted by molar-refractivity contribution is 5.48. The molecule has 0 saturated heterocycles. The normalized spacial score (nSPS) is 10.0. The summed E-state index contributed by atoms with van der Waals surface area (Å²) in [6.07, 6.45) is 1.86. The molecular weight excluding hydrogens is 266 g/mol. The second kappa shape index (κ2) is 6.66. The SMILES string of the molecule is CN(C)c1ncc(CNc2cccc(OCC#N)c2)n1C. The second-order valence-corrected chi connectivity index (χ2v) is 4.83. The third-order valence-corrected chi connectivity index (χ3v) is 3.07. The van der Waals surface area contributed by atoms with E-state index in [1.807, 2.05) is 67.1 Å². The summed E-state index contributed by atoms with van der Waals surface area (Å²) in [5, 5.41) is 11.9. The number of hydrogen-bond acceptors (Lipinski definition) is 5. The van der Waals surface area contributed by atoms with Gasteiger partial charge in [-0.05, 0) is 12.1 Å². The zero-order valence-electron chi connectivity index (χ0n) is 12.5. The molecule has 1 aromatic carbocycles. The molecule has 1 N–H and O–H groups in total. The van der Waals surface area contributed by atoms with E-state index >= 15 is 0 Å². The molecule has 0 saturated carbocycles. The molecule has 6 nitrogen and oxygen atoms in total. The summed E-state index contributed by atoms with van der Waals surface area (Å²) >= 11 is 0. The van der Waals surface area contributed by atoms with Gasteiger partial charge in [-0.1, -0.05) is 6.07 Å². The van der Waals surface area contributed by atoms with Crippen LogP contribution in [0.25, 0.3) is 0 Å². The topological polar surface area (TPSA) is 66.1 Å². The summed E-state index contributed by atoms with van der Waals surface area (Å²) in [5.41, 5.74) is 2.03. The van der Waals surface area contributed by atoms with E-state index in [2.05, 4.69) is 10.3 Å². The van der Waals surface area contributed by atoms with E-state index in [1.165, 1.54) is 0 Å². The molecule has 110 valence electrons. The summed E-state index contributed by atoms with van der Waals surface area (Å²) in [6, 6.07) is 9.51. The number of benzene rings is 1. The Bertz CT molecular complexity index is 642. The lowest BCUT2D eigenvalue weighted by atomic mass is 10.3. The molecule has 1 aromatic heterocycles. The first-order valence-electron chi connectivity index (χ1n) is 6.63. The molecule has 0 unspecified atom stereocenters. The number of ether oxygens (including phenoxy) is 1. The standard InChI is InChI=1S/C15H19N5O/c1-19(2)15-18-11-13(20(15)3)10-17-12-5-4-6-14(9-12)21-8-7-16/h4-6,9,11,17H,8,10H2,1-3H3. The average molecular weight is 285 g/mol. The Labute approximate surface area is 124 Å². The minimum Gasteiger partial charge on any atom is -0.479 e. The quantitative estimate of drug-likeness (QED) is 0.879. The molecule has 0 fully saturated rings. The van der Waals surface area contributed by atoms with Crippen LogP contribution in [0.3, 0.4) is 0 Å². The van der Waals surface area contributed by atoms with Crippen molar-refractivity contribution in [2.45, 2.75) is 6.54 Å². The van der Waals surface area contributed by atoms with Crippen LogP contribution >= 0.6 is 0 Å². The van der Waals surface area contributed by atoms with Gasteiger partial charge in [-0.3, -0.25) is 0 Å². The van der Waals surface area contributed by atoms with Crippen molar-refractivity contribution >= 4 is 11.6 Å². The Kier molecular flexibility index (Phi) is 4.67. The van der Waals surface area contributed by atoms with Crippen molar-refractivity contribution in [3.63, 3.8) is 0 Å². The monoisotopic (exact) mass is 285 g/mol. The molecule has 1 heterocycles. The highest BCUT2D eigenvalue weighted by Gasteiger charge is 2.07. The van der Waals surface area contributed by atoms with E-state index in [-0.39, 0.29) is 6.61 Å².